The van der Waals surface area contributed by atoms with Gasteiger partial charge < -0.3 is 10.4 Å². The van der Waals surface area contributed by atoms with Crippen LogP contribution in [-0.2, 0) is 15.0 Å². The Balaban J connectivity index is 2.32. The van der Waals surface area contributed by atoms with Gasteiger partial charge >= 0.3 is 5.97 Å². The maximum absolute atomic E-state index is 12.3. The summed E-state index contributed by atoms with van der Waals surface area (Å²) in [5, 5.41) is 11.9. The van der Waals surface area contributed by atoms with Gasteiger partial charge in [0, 0.05) is 17.7 Å². The van der Waals surface area contributed by atoms with E-state index in [9.17, 15) is 14.4 Å². The van der Waals surface area contributed by atoms with Crippen LogP contribution in [0.3, 0.4) is 0 Å². The Morgan fingerprint density at radius 3 is 2.48 bits per heavy atom. The molecule has 1 aromatic rings. The van der Waals surface area contributed by atoms with E-state index in [1.165, 1.54) is 13.8 Å². The van der Waals surface area contributed by atoms with Crippen LogP contribution in [0.15, 0.2) is 18.2 Å². The molecule has 0 aliphatic carbocycles. The summed E-state index contributed by atoms with van der Waals surface area (Å²) in [6, 6.07) is 5.01. The van der Waals surface area contributed by atoms with Crippen LogP contribution in [0.1, 0.15) is 50.0 Å². The molecule has 0 saturated carbocycles. The molecule has 21 heavy (non-hydrogen) atoms. The number of amides is 1. The van der Waals surface area contributed by atoms with Gasteiger partial charge in [-0.05, 0) is 51.5 Å². The summed E-state index contributed by atoms with van der Waals surface area (Å²) < 4.78 is 0. The lowest BCUT2D eigenvalue weighted by molar-refractivity contribution is -0.146. The van der Waals surface area contributed by atoms with Crippen molar-refractivity contribution < 1.29 is 19.5 Å². The predicted octanol–water partition coefficient (Wildman–Crippen LogP) is 2.60. The third kappa shape index (κ3) is 2.55. The zero-order chi connectivity index (χ0) is 16.0. The molecule has 1 aliphatic heterocycles. The number of rotatable bonds is 4. The molecular formula is C16H19NO4. The second-order valence-corrected chi connectivity index (χ2v) is 6.63. The maximum Gasteiger partial charge on any atom is 0.309 e. The average molecular weight is 289 g/mol. The number of carbonyl (C=O) groups excluding carboxylic acids is 2. The van der Waals surface area contributed by atoms with E-state index in [4.69, 9.17) is 5.11 Å². The molecule has 112 valence electrons. The Bertz CT molecular complexity index is 644. The summed E-state index contributed by atoms with van der Waals surface area (Å²) in [5.74, 6) is -1.34. The zero-order valence-electron chi connectivity index (χ0n) is 12.6. The Hall–Kier alpha value is -2.17. The molecule has 2 N–H and O–H groups in total. The third-order valence-corrected chi connectivity index (χ3v) is 4.01. The molecule has 1 amide bonds. The van der Waals surface area contributed by atoms with Crippen molar-refractivity contribution in [2.24, 2.45) is 5.41 Å². The van der Waals surface area contributed by atoms with E-state index >= 15 is 0 Å². The Morgan fingerprint density at radius 2 is 1.90 bits per heavy atom. The second kappa shape index (κ2) is 4.69. The number of fused-ring (bicyclic) bond motifs is 1. The van der Waals surface area contributed by atoms with Crippen molar-refractivity contribution in [3.8, 4) is 0 Å². The maximum atomic E-state index is 12.3. The first kappa shape index (κ1) is 15.2. The van der Waals surface area contributed by atoms with Gasteiger partial charge in [0.25, 0.3) is 0 Å². The Morgan fingerprint density at radius 1 is 1.29 bits per heavy atom. The minimum atomic E-state index is -1.11. The Labute approximate surface area is 123 Å². The van der Waals surface area contributed by atoms with Crippen LogP contribution in [0.2, 0.25) is 0 Å². The van der Waals surface area contributed by atoms with Gasteiger partial charge in [-0.25, -0.2) is 0 Å². The minimum Gasteiger partial charge on any atom is -0.481 e. The van der Waals surface area contributed by atoms with Gasteiger partial charge in [-0.15, -0.1) is 0 Å². The van der Waals surface area contributed by atoms with Crippen molar-refractivity contribution in [1.29, 1.82) is 0 Å². The number of hydrogen-bond donors (Lipinski definition) is 2. The van der Waals surface area contributed by atoms with Gasteiger partial charge in [0.2, 0.25) is 5.91 Å². The number of Topliss-reactive ketones (excluding diaryl/α,β-unsaturated/α-hetero) is 1. The zero-order valence-corrected chi connectivity index (χ0v) is 12.6. The van der Waals surface area contributed by atoms with E-state index in [0.717, 1.165) is 5.56 Å². The van der Waals surface area contributed by atoms with Gasteiger partial charge in [0.1, 0.15) is 0 Å². The van der Waals surface area contributed by atoms with Gasteiger partial charge in [-0.2, -0.15) is 0 Å². The standard InChI is InChI=1S/C16H19NO4/c1-15(2,14(20)21)8-12(18)9-5-6-11-10(7-9)16(3,4)13(19)17-11/h5-7H,8H2,1-4H3,(H,17,19)(H,20,21). The molecule has 0 unspecified atom stereocenters. The molecule has 0 atom stereocenters. The lowest BCUT2D eigenvalue weighted by atomic mass is 9.82. The molecule has 0 spiro atoms. The van der Waals surface area contributed by atoms with E-state index in [-0.39, 0.29) is 18.1 Å². The van der Waals surface area contributed by atoms with Crippen molar-refractivity contribution in [1.82, 2.24) is 0 Å². The molecule has 2 rings (SSSR count). The lowest BCUT2D eigenvalue weighted by Crippen LogP contribution is -2.28. The van der Waals surface area contributed by atoms with E-state index in [0.29, 0.717) is 11.3 Å². The number of anilines is 1. The fourth-order valence-corrected chi connectivity index (χ4v) is 2.32. The molecule has 0 saturated heterocycles. The topological polar surface area (TPSA) is 83.5 Å². The average Bonchev–Trinajstić information content (AvgIpc) is 2.59. The fraction of sp³-hybridized carbons (Fsp3) is 0.438. The first-order chi connectivity index (χ1) is 9.55. The van der Waals surface area contributed by atoms with E-state index in [1.54, 1.807) is 32.0 Å². The smallest absolute Gasteiger partial charge is 0.309 e. The SMILES string of the molecule is CC(C)(CC(=O)c1ccc2c(c1)C(C)(C)C(=O)N2)C(=O)O. The largest absolute Gasteiger partial charge is 0.481 e. The molecule has 0 fully saturated rings. The highest BCUT2D eigenvalue weighted by molar-refractivity contribution is 6.07. The fourth-order valence-electron chi connectivity index (χ4n) is 2.32. The summed E-state index contributed by atoms with van der Waals surface area (Å²) in [6.45, 7) is 6.64. The number of ketones is 1. The van der Waals surface area contributed by atoms with Crippen molar-refractivity contribution in [2.75, 3.05) is 5.32 Å². The summed E-state index contributed by atoms with van der Waals surface area (Å²) in [5.41, 5.74) is 0.117. The monoisotopic (exact) mass is 289 g/mol. The number of carboxylic acid groups (broad SMARTS) is 1. The number of nitrogens with one attached hydrogen (secondary N) is 1. The van der Waals surface area contributed by atoms with E-state index < -0.39 is 16.8 Å². The van der Waals surface area contributed by atoms with Crippen LogP contribution in [-0.4, -0.2) is 22.8 Å². The normalized spacial score (nSPS) is 16.3. The second-order valence-electron chi connectivity index (χ2n) is 6.63. The molecule has 0 aromatic heterocycles. The molecule has 1 aromatic carbocycles. The molecule has 0 bridgehead atoms. The molecular weight excluding hydrogens is 270 g/mol. The van der Waals surface area contributed by atoms with Crippen molar-refractivity contribution in [3.05, 3.63) is 29.3 Å². The third-order valence-electron chi connectivity index (χ3n) is 4.01. The summed E-state index contributed by atoms with van der Waals surface area (Å²) >= 11 is 0. The van der Waals surface area contributed by atoms with Gasteiger partial charge in [-0.1, -0.05) is 0 Å². The number of benzene rings is 1. The van der Waals surface area contributed by atoms with Crippen molar-refractivity contribution in [2.45, 2.75) is 39.5 Å². The first-order valence-electron chi connectivity index (χ1n) is 6.78. The number of carbonyl (C=O) groups is 3. The highest BCUT2D eigenvalue weighted by Gasteiger charge is 2.39. The minimum absolute atomic E-state index is 0.0804. The quantitative estimate of drug-likeness (QED) is 0.834. The van der Waals surface area contributed by atoms with Gasteiger partial charge in [0.05, 0.1) is 10.8 Å². The molecule has 1 aliphatic rings. The predicted molar refractivity (Wildman–Crippen MR) is 78.5 cm³/mol. The van der Waals surface area contributed by atoms with E-state index in [1.807, 2.05) is 0 Å². The van der Waals surface area contributed by atoms with Crippen LogP contribution in [0.5, 0.6) is 0 Å². The lowest BCUT2D eigenvalue weighted by Gasteiger charge is -2.19. The van der Waals surface area contributed by atoms with Crippen molar-refractivity contribution in [3.63, 3.8) is 0 Å². The number of hydrogen-bond acceptors (Lipinski definition) is 3. The van der Waals surface area contributed by atoms with Crippen LogP contribution in [0.4, 0.5) is 5.69 Å². The van der Waals surface area contributed by atoms with Gasteiger partial charge in [-0.3, -0.25) is 14.4 Å². The molecule has 0 radical (unpaired) electrons. The van der Waals surface area contributed by atoms with Crippen LogP contribution in [0.25, 0.3) is 0 Å². The van der Waals surface area contributed by atoms with Crippen LogP contribution < -0.4 is 5.32 Å². The summed E-state index contributed by atoms with van der Waals surface area (Å²) in [6.07, 6.45) is -0.0804. The van der Waals surface area contributed by atoms with Crippen molar-refractivity contribution >= 4 is 23.3 Å². The summed E-state index contributed by atoms with van der Waals surface area (Å²) in [7, 11) is 0. The van der Waals surface area contributed by atoms with Crippen LogP contribution >= 0.6 is 0 Å². The first-order valence-corrected chi connectivity index (χ1v) is 6.78. The van der Waals surface area contributed by atoms with Crippen LogP contribution in [0, 0.1) is 5.41 Å². The molecule has 5 heteroatoms. The van der Waals surface area contributed by atoms with Gasteiger partial charge in [0.15, 0.2) is 5.78 Å². The number of aliphatic carboxylic acids is 1. The highest BCUT2D eigenvalue weighted by atomic mass is 16.4. The highest BCUT2D eigenvalue weighted by Crippen LogP contribution is 2.38. The van der Waals surface area contributed by atoms with E-state index in [2.05, 4.69) is 5.32 Å². The Kier molecular flexibility index (Phi) is 3.40. The molecule has 5 nitrogen and oxygen atoms in total. The summed E-state index contributed by atoms with van der Waals surface area (Å²) in [4.78, 5) is 35.3. The molecule has 1 heterocycles. The number of carboxylic acids is 1.